The summed E-state index contributed by atoms with van der Waals surface area (Å²) in [5.74, 6) is 0.533. The lowest BCUT2D eigenvalue weighted by atomic mass is 9.96. The number of carbonyl (C=O) groups excluding carboxylic acids is 1. The van der Waals surface area contributed by atoms with Crippen molar-refractivity contribution >= 4 is 5.78 Å². The molecule has 0 fully saturated rings. The van der Waals surface area contributed by atoms with E-state index in [1.165, 1.54) is 4.80 Å². The summed E-state index contributed by atoms with van der Waals surface area (Å²) in [4.78, 5) is 13.2. The Labute approximate surface area is 89.0 Å². The predicted molar refractivity (Wildman–Crippen MR) is 55.3 cm³/mol. The van der Waals surface area contributed by atoms with Gasteiger partial charge in [-0.2, -0.15) is 4.80 Å². The third kappa shape index (κ3) is 3.09. The Kier molecular flexibility index (Phi) is 3.52. The molecule has 0 unspecified atom stereocenters. The third-order valence-corrected chi connectivity index (χ3v) is 2.18. The van der Waals surface area contributed by atoms with Crippen LogP contribution in [0.25, 0.3) is 0 Å². The van der Waals surface area contributed by atoms with Gasteiger partial charge in [0.15, 0.2) is 11.6 Å². The molecule has 6 heteroatoms. The van der Waals surface area contributed by atoms with E-state index in [0.717, 1.165) is 6.54 Å². The number of nitrogens with one attached hydrogen (secondary N) is 1. The van der Waals surface area contributed by atoms with Gasteiger partial charge >= 0.3 is 0 Å². The van der Waals surface area contributed by atoms with Crippen LogP contribution in [0.15, 0.2) is 0 Å². The van der Waals surface area contributed by atoms with Crippen molar-refractivity contribution < 1.29 is 4.79 Å². The molecule has 0 saturated carbocycles. The maximum atomic E-state index is 11.9. The lowest BCUT2D eigenvalue weighted by Gasteiger charge is -2.23. The summed E-state index contributed by atoms with van der Waals surface area (Å²) in [6.07, 6.45) is 0.216. The molecule has 0 aliphatic rings. The molecule has 0 amide bonds. The van der Waals surface area contributed by atoms with Gasteiger partial charge in [-0.3, -0.25) is 4.79 Å². The van der Waals surface area contributed by atoms with Gasteiger partial charge in [-0.15, -0.1) is 10.2 Å². The highest BCUT2D eigenvalue weighted by Gasteiger charge is 2.27. The second-order valence-electron chi connectivity index (χ2n) is 3.95. The zero-order chi connectivity index (χ0) is 11.5. The van der Waals surface area contributed by atoms with Crippen molar-refractivity contribution in [3.63, 3.8) is 0 Å². The molecule has 1 N–H and O–H groups in total. The first-order valence-electron chi connectivity index (χ1n) is 4.97. The number of ketones is 1. The fourth-order valence-corrected chi connectivity index (χ4v) is 1.30. The van der Waals surface area contributed by atoms with Gasteiger partial charge in [-0.05, 0) is 25.6 Å². The first-order valence-corrected chi connectivity index (χ1v) is 4.97. The molecule has 1 rings (SSSR count). The van der Waals surface area contributed by atoms with Crippen LogP contribution in [0, 0.1) is 0 Å². The molecule has 15 heavy (non-hydrogen) atoms. The summed E-state index contributed by atoms with van der Waals surface area (Å²) in [6, 6.07) is 0. The first kappa shape index (κ1) is 11.8. The number of Topliss-reactive ketones (excluding diaryl/α,β-unsaturated/α-hetero) is 1. The smallest absolute Gasteiger partial charge is 0.182 e. The van der Waals surface area contributed by atoms with Crippen LogP contribution >= 0.6 is 0 Å². The van der Waals surface area contributed by atoms with Crippen molar-refractivity contribution in [2.24, 2.45) is 7.05 Å². The van der Waals surface area contributed by atoms with Crippen LogP contribution in [-0.4, -0.2) is 38.1 Å². The maximum Gasteiger partial charge on any atom is 0.182 e. The normalized spacial score (nSPS) is 11.7. The van der Waals surface area contributed by atoms with Crippen molar-refractivity contribution in [3.8, 4) is 0 Å². The number of nitrogens with zero attached hydrogens (tertiary/aromatic N) is 4. The Morgan fingerprint density at radius 2 is 2.20 bits per heavy atom. The number of rotatable bonds is 5. The van der Waals surface area contributed by atoms with Gasteiger partial charge in [0.05, 0.1) is 19.0 Å². The van der Waals surface area contributed by atoms with E-state index in [-0.39, 0.29) is 12.2 Å². The largest absolute Gasteiger partial charge is 0.306 e. The molecule has 0 spiro atoms. The van der Waals surface area contributed by atoms with E-state index >= 15 is 0 Å². The minimum Gasteiger partial charge on any atom is -0.306 e. The van der Waals surface area contributed by atoms with E-state index in [2.05, 4.69) is 20.7 Å². The molecule has 0 atom stereocenters. The van der Waals surface area contributed by atoms with E-state index in [4.69, 9.17) is 0 Å². The molecular formula is C9H17N5O. The highest BCUT2D eigenvalue weighted by Crippen LogP contribution is 2.06. The van der Waals surface area contributed by atoms with Crippen LogP contribution in [-0.2, 0) is 18.3 Å². The Bertz CT molecular complexity index is 344. The fraction of sp³-hybridized carbons (Fsp3) is 0.778. The summed E-state index contributed by atoms with van der Waals surface area (Å²) in [5.41, 5.74) is -0.534. The summed E-state index contributed by atoms with van der Waals surface area (Å²) < 4.78 is 0. The van der Waals surface area contributed by atoms with Crippen LogP contribution in [0.5, 0.6) is 0 Å². The second-order valence-corrected chi connectivity index (χ2v) is 3.95. The second kappa shape index (κ2) is 4.48. The number of aromatic nitrogens is 4. The lowest BCUT2D eigenvalue weighted by Crippen LogP contribution is -2.47. The zero-order valence-corrected chi connectivity index (χ0v) is 9.61. The molecule has 0 aliphatic carbocycles. The van der Waals surface area contributed by atoms with Crippen molar-refractivity contribution in [1.82, 2.24) is 25.5 Å². The van der Waals surface area contributed by atoms with E-state index < -0.39 is 5.54 Å². The van der Waals surface area contributed by atoms with E-state index in [1.54, 1.807) is 7.05 Å². The molecule has 6 nitrogen and oxygen atoms in total. The van der Waals surface area contributed by atoms with Gasteiger partial charge in [-0.25, -0.2) is 0 Å². The predicted octanol–water partition coefficient (Wildman–Crippen LogP) is -0.290. The molecule has 0 aromatic carbocycles. The summed E-state index contributed by atoms with van der Waals surface area (Å²) >= 11 is 0. The number of carbonyl (C=O) groups is 1. The fourth-order valence-electron chi connectivity index (χ4n) is 1.30. The quantitative estimate of drug-likeness (QED) is 0.724. The molecular weight excluding hydrogens is 194 g/mol. The number of tetrazole rings is 1. The summed E-state index contributed by atoms with van der Waals surface area (Å²) in [7, 11) is 1.68. The van der Waals surface area contributed by atoms with E-state index in [1.807, 2.05) is 20.8 Å². The zero-order valence-electron chi connectivity index (χ0n) is 9.61. The Morgan fingerprint density at radius 3 is 2.67 bits per heavy atom. The molecule has 1 heterocycles. The number of hydrogen-bond acceptors (Lipinski definition) is 5. The van der Waals surface area contributed by atoms with Crippen LogP contribution in [0.3, 0.4) is 0 Å². The molecule has 0 aliphatic heterocycles. The minimum absolute atomic E-state index is 0.0670. The Balaban J connectivity index is 2.63. The van der Waals surface area contributed by atoms with Gasteiger partial charge < -0.3 is 5.32 Å². The molecule has 84 valence electrons. The third-order valence-electron chi connectivity index (χ3n) is 2.18. The number of likely N-dealkylation sites (N-methyl/N-ethyl adjacent to an activating group) is 1. The highest BCUT2D eigenvalue weighted by atomic mass is 16.1. The van der Waals surface area contributed by atoms with Crippen LogP contribution < -0.4 is 5.32 Å². The van der Waals surface area contributed by atoms with E-state index in [9.17, 15) is 4.79 Å². The van der Waals surface area contributed by atoms with Crippen molar-refractivity contribution in [3.05, 3.63) is 5.82 Å². The number of hydrogen-bond donors (Lipinski definition) is 1. The van der Waals surface area contributed by atoms with Crippen molar-refractivity contribution in [2.45, 2.75) is 32.7 Å². The monoisotopic (exact) mass is 211 g/mol. The van der Waals surface area contributed by atoms with Crippen LogP contribution in [0.1, 0.15) is 26.6 Å². The van der Waals surface area contributed by atoms with Crippen LogP contribution in [0.2, 0.25) is 0 Å². The van der Waals surface area contributed by atoms with Crippen molar-refractivity contribution in [2.75, 3.05) is 6.54 Å². The van der Waals surface area contributed by atoms with Crippen LogP contribution in [0.4, 0.5) is 0 Å². The topological polar surface area (TPSA) is 72.7 Å². The van der Waals surface area contributed by atoms with Gasteiger partial charge in [0.25, 0.3) is 0 Å². The van der Waals surface area contributed by atoms with Gasteiger partial charge in [0.2, 0.25) is 0 Å². The van der Waals surface area contributed by atoms with Crippen molar-refractivity contribution in [1.29, 1.82) is 0 Å². The number of aryl methyl sites for hydroxylation is 1. The standard InChI is InChI=1S/C9H17N5O/c1-5-10-9(2,3)7(15)6-8-11-13-14(4)12-8/h10H,5-6H2,1-4H3. The molecule has 1 aromatic rings. The maximum absolute atomic E-state index is 11.9. The SMILES string of the molecule is CCNC(C)(C)C(=O)Cc1nnn(C)n1. The molecule has 1 aromatic heterocycles. The summed E-state index contributed by atoms with van der Waals surface area (Å²) in [5, 5.41) is 14.5. The Hall–Kier alpha value is -1.30. The minimum atomic E-state index is -0.534. The van der Waals surface area contributed by atoms with Gasteiger partial charge in [0, 0.05) is 0 Å². The average Bonchev–Trinajstić information content (AvgIpc) is 2.51. The highest BCUT2D eigenvalue weighted by molar-refractivity contribution is 5.88. The molecule has 0 bridgehead atoms. The van der Waals surface area contributed by atoms with E-state index in [0.29, 0.717) is 5.82 Å². The first-order chi connectivity index (χ1) is 6.95. The molecule has 0 saturated heterocycles. The average molecular weight is 211 g/mol. The van der Waals surface area contributed by atoms with Gasteiger partial charge in [-0.1, -0.05) is 6.92 Å². The summed E-state index contributed by atoms with van der Waals surface area (Å²) in [6.45, 7) is 6.44. The Morgan fingerprint density at radius 1 is 1.53 bits per heavy atom. The lowest BCUT2D eigenvalue weighted by molar-refractivity contribution is -0.123. The molecule has 0 radical (unpaired) electrons. The van der Waals surface area contributed by atoms with Gasteiger partial charge in [0.1, 0.15) is 0 Å².